The van der Waals surface area contributed by atoms with E-state index in [9.17, 15) is 4.79 Å². The van der Waals surface area contributed by atoms with Gasteiger partial charge in [-0.25, -0.2) is 0 Å². The lowest BCUT2D eigenvalue weighted by Crippen LogP contribution is -1.99. The lowest BCUT2D eigenvalue weighted by Gasteiger charge is -2.02. The number of hydrogen-bond acceptors (Lipinski definition) is 2. The van der Waals surface area contributed by atoms with Crippen LogP contribution >= 0.6 is 27.3 Å². The quantitative estimate of drug-likeness (QED) is 0.737. The second kappa shape index (κ2) is 4.75. The first-order valence-electron chi connectivity index (χ1n) is 5.37. The maximum Gasteiger partial charge on any atom is 0.202 e. The highest BCUT2D eigenvalue weighted by molar-refractivity contribution is 9.10. The highest BCUT2D eigenvalue weighted by Crippen LogP contribution is 2.28. The van der Waals surface area contributed by atoms with Gasteiger partial charge < -0.3 is 0 Å². The molecule has 1 nitrogen and oxygen atoms in total. The molecule has 0 bridgehead atoms. The first-order valence-corrected chi connectivity index (χ1v) is 6.98. The summed E-state index contributed by atoms with van der Waals surface area (Å²) >= 11 is 4.97. The van der Waals surface area contributed by atoms with Crippen LogP contribution in [0.5, 0.6) is 0 Å². The van der Waals surface area contributed by atoms with Crippen LogP contribution in [0, 0.1) is 20.8 Å². The molecule has 0 saturated carbocycles. The monoisotopic (exact) mass is 308 g/mol. The van der Waals surface area contributed by atoms with Gasteiger partial charge in [0, 0.05) is 14.9 Å². The molecule has 88 valence electrons. The standard InChI is InChI=1S/C14H13BrOS/c1-8-4-5-11(6-9(8)2)14(16)13-7-12(15)10(3)17-13/h4-7H,1-3H3. The van der Waals surface area contributed by atoms with Crippen molar-refractivity contribution in [1.29, 1.82) is 0 Å². The average molecular weight is 309 g/mol. The molecule has 0 spiro atoms. The van der Waals surface area contributed by atoms with Gasteiger partial charge in [0.2, 0.25) is 5.78 Å². The van der Waals surface area contributed by atoms with Crippen LogP contribution in [0.25, 0.3) is 0 Å². The van der Waals surface area contributed by atoms with Gasteiger partial charge in [0.1, 0.15) is 0 Å². The molecule has 0 unspecified atom stereocenters. The summed E-state index contributed by atoms with van der Waals surface area (Å²) < 4.78 is 1.01. The number of aryl methyl sites for hydroxylation is 3. The number of rotatable bonds is 2. The van der Waals surface area contributed by atoms with Gasteiger partial charge in [0.25, 0.3) is 0 Å². The van der Waals surface area contributed by atoms with Crippen LogP contribution in [0.3, 0.4) is 0 Å². The number of carbonyl (C=O) groups is 1. The van der Waals surface area contributed by atoms with E-state index in [0.29, 0.717) is 0 Å². The van der Waals surface area contributed by atoms with Gasteiger partial charge in [-0.3, -0.25) is 4.79 Å². The Kier molecular flexibility index (Phi) is 3.50. The lowest BCUT2D eigenvalue weighted by atomic mass is 10.0. The molecule has 3 heteroatoms. The zero-order chi connectivity index (χ0) is 12.6. The first-order chi connectivity index (χ1) is 7.99. The van der Waals surface area contributed by atoms with Crippen LogP contribution in [-0.4, -0.2) is 5.78 Å². The summed E-state index contributed by atoms with van der Waals surface area (Å²) in [7, 11) is 0. The lowest BCUT2D eigenvalue weighted by molar-refractivity contribution is 0.104. The molecule has 0 atom stereocenters. The molecule has 0 amide bonds. The van der Waals surface area contributed by atoms with E-state index < -0.39 is 0 Å². The first kappa shape index (κ1) is 12.5. The summed E-state index contributed by atoms with van der Waals surface area (Å²) in [4.78, 5) is 14.2. The summed E-state index contributed by atoms with van der Waals surface area (Å²) in [5.74, 6) is 0.104. The highest BCUT2D eigenvalue weighted by atomic mass is 79.9. The molecule has 0 fully saturated rings. The third-order valence-corrected chi connectivity index (χ3v) is 4.99. The zero-order valence-electron chi connectivity index (χ0n) is 10.0. The van der Waals surface area contributed by atoms with Crippen molar-refractivity contribution in [2.45, 2.75) is 20.8 Å². The largest absolute Gasteiger partial charge is 0.288 e. The van der Waals surface area contributed by atoms with Crippen LogP contribution in [0.2, 0.25) is 0 Å². The molecule has 1 heterocycles. The average Bonchev–Trinajstić information content (AvgIpc) is 2.62. The van der Waals surface area contributed by atoms with Gasteiger partial charge >= 0.3 is 0 Å². The minimum atomic E-state index is 0.104. The Balaban J connectivity index is 2.40. The van der Waals surface area contributed by atoms with Crippen molar-refractivity contribution < 1.29 is 4.79 Å². The topological polar surface area (TPSA) is 17.1 Å². The van der Waals surface area contributed by atoms with Gasteiger partial charge in [0.15, 0.2) is 0 Å². The molecule has 2 rings (SSSR count). The summed E-state index contributed by atoms with van der Waals surface area (Å²) in [6, 6.07) is 7.75. The third-order valence-electron chi connectivity index (χ3n) is 2.85. The predicted octanol–water partition coefficient (Wildman–Crippen LogP) is 4.67. The molecular formula is C14H13BrOS. The Labute approximate surface area is 114 Å². The van der Waals surface area contributed by atoms with E-state index in [1.54, 1.807) is 0 Å². The maximum atomic E-state index is 12.3. The van der Waals surface area contributed by atoms with Crippen molar-refractivity contribution in [3.8, 4) is 0 Å². The fraction of sp³-hybridized carbons (Fsp3) is 0.214. The van der Waals surface area contributed by atoms with E-state index in [0.717, 1.165) is 25.4 Å². The molecule has 0 radical (unpaired) electrons. The molecule has 0 aliphatic heterocycles. The maximum absolute atomic E-state index is 12.3. The van der Waals surface area contributed by atoms with E-state index >= 15 is 0 Å². The van der Waals surface area contributed by atoms with Crippen LogP contribution in [0.1, 0.15) is 31.2 Å². The molecule has 0 N–H and O–H groups in total. The third kappa shape index (κ3) is 2.50. The second-order valence-corrected chi connectivity index (χ2v) is 6.25. The van der Waals surface area contributed by atoms with E-state index in [4.69, 9.17) is 0 Å². The molecule has 0 aliphatic carbocycles. The molecule has 0 saturated heterocycles. The van der Waals surface area contributed by atoms with Crippen molar-refractivity contribution in [1.82, 2.24) is 0 Å². The fourth-order valence-corrected chi connectivity index (χ4v) is 3.09. The molecule has 17 heavy (non-hydrogen) atoms. The van der Waals surface area contributed by atoms with E-state index in [2.05, 4.69) is 22.9 Å². The van der Waals surface area contributed by atoms with Gasteiger partial charge in [-0.15, -0.1) is 11.3 Å². The van der Waals surface area contributed by atoms with Crippen molar-refractivity contribution in [3.63, 3.8) is 0 Å². The predicted molar refractivity (Wildman–Crippen MR) is 76.1 cm³/mol. The Morgan fingerprint density at radius 1 is 1.12 bits per heavy atom. The minimum absolute atomic E-state index is 0.104. The number of benzene rings is 1. The molecule has 1 aromatic heterocycles. The number of hydrogen-bond donors (Lipinski definition) is 0. The van der Waals surface area contributed by atoms with Crippen molar-refractivity contribution in [3.05, 3.63) is 55.2 Å². The normalized spacial score (nSPS) is 10.6. The SMILES string of the molecule is Cc1ccc(C(=O)c2cc(Br)c(C)s2)cc1C. The Bertz CT molecular complexity index is 564. The number of halogens is 1. The summed E-state index contributed by atoms with van der Waals surface area (Å²) in [6.07, 6.45) is 0. The summed E-state index contributed by atoms with van der Waals surface area (Å²) in [5, 5.41) is 0. The van der Waals surface area contributed by atoms with Gasteiger partial charge in [-0.05, 0) is 60.0 Å². The van der Waals surface area contributed by atoms with Crippen LogP contribution < -0.4 is 0 Å². The Hall–Kier alpha value is -0.930. The number of carbonyl (C=O) groups excluding carboxylic acids is 1. The summed E-state index contributed by atoms with van der Waals surface area (Å²) in [5.41, 5.74) is 3.13. The highest BCUT2D eigenvalue weighted by Gasteiger charge is 2.13. The van der Waals surface area contributed by atoms with Crippen molar-refractivity contribution in [2.24, 2.45) is 0 Å². The van der Waals surface area contributed by atoms with E-state index in [-0.39, 0.29) is 5.78 Å². The molecule has 2 aromatic rings. The smallest absolute Gasteiger partial charge is 0.202 e. The fourth-order valence-electron chi connectivity index (χ4n) is 1.60. The van der Waals surface area contributed by atoms with E-state index in [1.807, 2.05) is 38.1 Å². The van der Waals surface area contributed by atoms with Crippen molar-refractivity contribution in [2.75, 3.05) is 0 Å². The van der Waals surface area contributed by atoms with Gasteiger partial charge in [-0.1, -0.05) is 12.1 Å². The van der Waals surface area contributed by atoms with Crippen LogP contribution in [-0.2, 0) is 0 Å². The number of thiophene rings is 1. The Morgan fingerprint density at radius 2 is 1.82 bits per heavy atom. The van der Waals surface area contributed by atoms with Gasteiger partial charge in [-0.2, -0.15) is 0 Å². The van der Waals surface area contributed by atoms with Gasteiger partial charge in [0.05, 0.1) is 4.88 Å². The summed E-state index contributed by atoms with van der Waals surface area (Å²) in [6.45, 7) is 6.09. The van der Waals surface area contributed by atoms with Crippen LogP contribution in [0.15, 0.2) is 28.7 Å². The minimum Gasteiger partial charge on any atom is -0.288 e. The Morgan fingerprint density at radius 3 is 2.35 bits per heavy atom. The zero-order valence-corrected chi connectivity index (χ0v) is 12.4. The van der Waals surface area contributed by atoms with Crippen molar-refractivity contribution >= 4 is 33.0 Å². The molecular weight excluding hydrogens is 296 g/mol. The number of ketones is 1. The van der Waals surface area contributed by atoms with Crippen LogP contribution in [0.4, 0.5) is 0 Å². The second-order valence-electron chi connectivity index (χ2n) is 4.14. The molecule has 1 aromatic carbocycles. The van der Waals surface area contributed by atoms with E-state index in [1.165, 1.54) is 16.9 Å². The molecule has 0 aliphatic rings.